The standard InChI is InChI=1S/C22H31N5O4/c1-21(2,3)31-19(28)26-12-7-10-22(11-13-26)14-18(24-25-23)15-27(22)20(29)30-16-17-8-5-4-6-9-17/h4-6,8-9,18H,7,10-16H2,1-3H3. The van der Waals surface area contributed by atoms with Gasteiger partial charge in [0.25, 0.3) is 0 Å². The smallest absolute Gasteiger partial charge is 0.410 e. The van der Waals surface area contributed by atoms with E-state index in [2.05, 4.69) is 10.0 Å². The molecule has 31 heavy (non-hydrogen) atoms. The van der Waals surface area contributed by atoms with Crippen molar-refractivity contribution in [1.82, 2.24) is 9.80 Å². The molecule has 2 fully saturated rings. The number of carbonyl (C=O) groups is 2. The van der Waals surface area contributed by atoms with Crippen LogP contribution in [0.1, 0.15) is 52.0 Å². The van der Waals surface area contributed by atoms with E-state index in [-0.39, 0.29) is 18.7 Å². The Labute approximate surface area is 182 Å². The zero-order valence-corrected chi connectivity index (χ0v) is 18.5. The average Bonchev–Trinajstić information content (AvgIpc) is 2.92. The molecule has 0 radical (unpaired) electrons. The average molecular weight is 430 g/mol. The van der Waals surface area contributed by atoms with Gasteiger partial charge < -0.3 is 19.3 Å². The maximum atomic E-state index is 13.0. The zero-order valence-electron chi connectivity index (χ0n) is 18.5. The molecule has 9 heteroatoms. The molecular weight excluding hydrogens is 398 g/mol. The Morgan fingerprint density at radius 2 is 1.94 bits per heavy atom. The van der Waals surface area contributed by atoms with E-state index < -0.39 is 17.2 Å². The van der Waals surface area contributed by atoms with Gasteiger partial charge >= 0.3 is 12.2 Å². The van der Waals surface area contributed by atoms with Gasteiger partial charge in [-0.15, -0.1) is 0 Å². The predicted molar refractivity (Wildman–Crippen MR) is 115 cm³/mol. The molecule has 2 atom stereocenters. The van der Waals surface area contributed by atoms with Crippen LogP contribution in [0.15, 0.2) is 35.4 Å². The lowest BCUT2D eigenvalue weighted by Crippen LogP contribution is -2.48. The number of rotatable bonds is 3. The van der Waals surface area contributed by atoms with Crippen LogP contribution < -0.4 is 0 Å². The van der Waals surface area contributed by atoms with Crippen molar-refractivity contribution in [2.75, 3.05) is 19.6 Å². The topological polar surface area (TPSA) is 108 Å². The second kappa shape index (κ2) is 9.47. The van der Waals surface area contributed by atoms with Crippen LogP contribution in [0.3, 0.4) is 0 Å². The predicted octanol–water partition coefficient (Wildman–Crippen LogP) is 4.87. The molecule has 2 amide bonds. The lowest BCUT2D eigenvalue weighted by molar-refractivity contribution is 0.0244. The maximum absolute atomic E-state index is 13.0. The molecule has 0 saturated carbocycles. The maximum Gasteiger partial charge on any atom is 0.410 e. The van der Waals surface area contributed by atoms with E-state index in [0.717, 1.165) is 12.0 Å². The second-order valence-corrected chi connectivity index (χ2v) is 9.26. The third-order valence-corrected chi connectivity index (χ3v) is 5.79. The van der Waals surface area contributed by atoms with Gasteiger partial charge in [0.05, 0.1) is 6.04 Å². The normalized spacial score (nSPS) is 23.8. The number of nitrogens with zero attached hydrogens (tertiary/aromatic N) is 5. The van der Waals surface area contributed by atoms with Gasteiger partial charge in [0.2, 0.25) is 0 Å². The van der Waals surface area contributed by atoms with Crippen molar-refractivity contribution >= 4 is 12.2 Å². The number of benzene rings is 1. The Morgan fingerprint density at radius 3 is 2.61 bits per heavy atom. The molecule has 2 saturated heterocycles. The lowest BCUT2D eigenvalue weighted by atomic mass is 9.87. The first-order valence-corrected chi connectivity index (χ1v) is 10.7. The second-order valence-electron chi connectivity index (χ2n) is 9.26. The van der Waals surface area contributed by atoms with E-state index >= 15 is 0 Å². The Kier molecular flexibility index (Phi) is 6.95. The van der Waals surface area contributed by atoms with Crippen molar-refractivity contribution in [3.63, 3.8) is 0 Å². The van der Waals surface area contributed by atoms with E-state index in [9.17, 15) is 9.59 Å². The minimum absolute atomic E-state index is 0.183. The number of ether oxygens (including phenoxy) is 2. The van der Waals surface area contributed by atoms with E-state index in [0.29, 0.717) is 38.9 Å². The summed E-state index contributed by atoms with van der Waals surface area (Å²) in [7, 11) is 0. The Balaban J connectivity index is 1.71. The summed E-state index contributed by atoms with van der Waals surface area (Å²) in [4.78, 5) is 31.9. The van der Waals surface area contributed by atoms with Gasteiger partial charge in [-0.05, 0) is 57.5 Å². The van der Waals surface area contributed by atoms with Crippen LogP contribution in [0.25, 0.3) is 10.4 Å². The molecule has 0 aromatic heterocycles. The van der Waals surface area contributed by atoms with Crippen LogP contribution >= 0.6 is 0 Å². The SMILES string of the molecule is CC(C)(C)OC(=O)N1CCCC2(CC1)CC(N=[N+]=[N-])CN2C(=O)OCc1ccccc1. The lowest BCUT2D eigenvalue weighted by Gasteiger charge is -2.37. The van der Waals surface area contributed by atoms with Gasteiger partial charge in [0.15, 0.2) is 0 Å². The third kappa shape index (κ3) is 5.82. The molecule has 2 heterocycles. The van der Waals surface area contributed by atoms with Crippen LogP contribution in [-0.2, 0) is 16.1 Å². The van der Waals surface area contributed by atoms with Crippen molar-refractivity contribution in [2.45, 2.75) is 70.2 Å². The highest BCUT2D eigenvalue weighted by atomic mass is 16.6. The molecule has 2 unspecified atom stereocenters. The number of likely N-dealkylation sites (tertiary alicyclic amines) is 2. The largest absolute Gasteiger partial charge is 0.445 e. The van der Waals surface area contributed by atoms with Gasteiger partial charge in [0.1, 0.15) is 12.2 Å². The highest BCUT2D eigenvalue weighted by Gasteiger charge is 2.49. The summed E-state index contributed by atoms with van der Waals surface area (Å²) in [6.07, 6.45) is 1.84. The van der Waals surface area contributed by atoms with Crippen molar-refractivity contribution in [1.29, 1.82) is 0 Å². The van der Waals surface area contributed by atoms with Gasteiger partial charge in [-0.25, -0.2) is 9.59 Å². The highest BCUT2D eigenvalue weighted by Crippen LogP contribution is 2.40. The molecule has 3 rings (SSSR count). The van der Waals surface area contributed by atoms with Crippen LogP contribution in [-0.4, -0.2) is 58.8 Å². The Hall–Kier alpha value is -2.93. The fourth-order valence-electron chi connectivity index (χ4n) is 4.40. The van der Waals surface area contributed by atoms with E-state index in [1.54, 1.807) is 9.80 Å². The zero-order chi connectivity index (χ0) is 22.5. The number of amides is 2. The van der Waals surface area contributed by atoms with Gasteiger partial charge in [0, 0.05) is 30.1 Å². The van der Waals surface area contributed by atoms with Crippen LogP contribution in [0.4, 0.5) is 9.59 Å². The minimum Gasteiger partial charge on any atom is -0.445 e. The van der Waals surface area contributed by atoms with Crippen molar-refractivity contribution < 1.29 is 19.1 Å². The van der Waals surface area contributed by atoms with Gasteiger partial charge in [-0.3, -0.25) is 0 Å². The first kappa shape index (κ1) is 22.7. The number of carbonyl (C=O) groups excluding carboxylic acids is 2. The number of azide groups is 1. The van der Waals surface area contributed by atoms with E-state index in [4.69, 9.17) is 15.0 Å². The summed E-state index contributed by atoms with van der Waals surface area (Å²) in [6, 6.07) is 9.21. The minimum atomic E-state index is -0.561. The summed E-state index contributed by atoms with van der Waals surface area (Å²) in [5, 5.41) is 3.88. The Bertz CT molecular complexity index is 834. The number of hydrogen-bond donors (Lipinski definition) is 0. The first-order valence-electron chi connectivity index (χ1n) is 10.7. The Morgan fingerprint density at radius 1 is 1.19 bits per heavy atom. The van der Waals surface area contributed by atoms with E-state index in [1.807, 2.05) is 51.1 Å². The summed E-state index contributed by atoms with van der Waals surface area (Å²) >= 11 is 0. The molecule has 1 aromatic carbocycles. The van der Waals surface area contributed by atoms with Crippen molar-refractivity contribution in [3.8, 4) is 0 Å². The van der Waals surface area contributed by atoms with Crippen molar-refractivity contribution in [2.24, 2.45) is 5.11 Å². The molecule has 168 valence electrons. The fourth-order valence-corrected chi connectivity index (χ4v) is 4.40. The van der Waals surface area contributed by atoms with Crippen molar-refractivity contribution in [3.05, 3.63) is 46.3 Å². The van der Waals surface area contributed by atoms with Crippen LogP contribution in [0.5, 0.6) is 0 Å². The first-order chi connectivity index (χ1) is 14.7. The molecular formula is C22H31N5O4. The molecule has 1 spiro atoms. The monoisotopic (exact) mass is 429 g/mol. The van der Waals surface area contributed by atoms with E-state index in [1.165, 1.54) is 0 Å². The third-order valence-electron chi connectivity index (χ3n) is 5.79. The summed E-state index contributed by atoms with van der Waals surface area (Å²) in [5.41, 5.74) is 8.78. The quantitative estimate of drug-likeness (QED) is 0.388. The molecule has 1 aromatic rings. The summed E-state index contributed by atoms with van der Waals surface area (Å²) in [5.74, 6) is 0. The summed E-state index contributed by atoms with van der Waals surface area (Å²) < 4.78 is 11.1. The summed E-state index contributed by atoms with van der Waals surface area (Å²) in [6.45, 7) is 7.07. The van der Waals surface area contributed by atoms with Gasteiger partial charge in [-0.2, -0.15) is 0 Å². The molecule has 2 aliphatic rings. The van der Waals surface area contributed by atoms with Gasteiger partial charge in [-0.1, -0.05) is 35.4 Å². The fraction of sp³-hybridized carbons (Fsp3) is 0.636. The molecule has 0 bridgehead atoms. The molecule has 9 nitrogen and oxygen atoms in total. The number of hydrogen-bond acceptors (Lipinski definition) is 5. The van der Waals surface area contributed by atoms with Crippen LogP contribution in [0.2, 0.25) is 0 Å². The molecule has 0 aliphatic carbocycles. The molecule has 0 N–H and O–H groups in total. The highest BCUT2D eigenvalue weighted by molar-refractivity contribution is 5.70. The van der Waals surface area contributed by atoms with Crippen LogP contribution in [0, 0.1) is 0 Å². The molecule has 2 aliphatic heterocycles.